The molecule has 3 atom stereocenters. The van der Waals surface area contributed by atoms with Crippen LogP contribution in [-0.2, 0) is 0 Å². The van der Waals surface area contributed by atoms with E-state index in [4.69, 9.17) is 0 Å². The number of hydrogen-bond donors (Lipinski definition) is 0. The van der Waals surface area contributed by atoms with Crippen LogP contribution < -0.4 is 0 Å². The molecule has 0 heterocycles. The van der Waals surface area contributed by atoms with Gasteiger partial charge in [-0.3, -0.25) is 0 Å². The normalized spacial score (nSPS) is 51.9. The van der Waals surface area contributed by atoms with Crippen LogP contribution in [0.25, 0.3) is 0 Å². The largest absolute Gasteiger partial charge is 0.0805 e. The standard InChI is InChI=1S/C10H12/c1-8-9-6-4-2-3-5-7-10(8)9/h2-10H,1H3/b3-2-,6-4-,7-5-/t8?,9-,10+. The summed E-state index contributed by atoms with van der Waals surface area (Å²) in [6.45, 7) is 2.31. The van der Waals surface area contributed by atoms with Gasteiger partial charge in [0.15, 0.2) is 0 Å². The fraction of sp³-hybridized carbons (Fsp3) is 0.400. The number of rotatable bonds is 0. The Morgan fingerprint density at radius 1 is 0.800 bits per heavy atom. The molecule has 0 aromatic carbocycles. The molecule has 0 aliphatic heterocycles. The van der Waals surface area contributed by atoms with Gasteiger partial charge in [-0.15, -0.1) is 0 Å². The number of fused-ring (bicyclic) bond motifs is 1. The third-order valence-corrected chi connectivity index (χ3v) is 2.52. The van der Waals surface area contributed by atoms with Crippen LogP contribution in [0.4, 0.5) is 0 Å². The molecule has 0 saturated heterocycles. The lowest BCUT2D eigenvalue weighted by molar-refractivity contribution is 0.882. The van der Waals surface area contributed by atoms with Crippen molar-refractivity contribution in [2.75, 3.05) is 0 Å². The number of hydrogen-bond acceptors (Lipinski definition) is 0. The SMILES string of the molecule is CC1[C@H]2\C=C/C=C\C=C/[C@@H]12. The van der Waals surface area contributed by atoms with Gasteiger partial charge >= 0.3 is 0 Å². The molecule has 2 aliphatic carbocycles. The van der Waals surface area contributed by atoms with E-state index in [-0.39, 0.29) is 0 Å². The second-order valence-corrected chi connectivity index (χ2v) is 3.17. The second kappa shape index (κ2) is 2.12. The lowest BCUT2D eigenvalue weighted by Gasteiger charge is -1.85. The van der Waals surface area contributed by atoms with Gasteiger partial charge in [0.2, 0.25) is 0 Å². The Bertz CT molecular complexity index is 186. The van der Waals surface area contributed by atoms with Crippen LogP contribution in [0.5, 0.6) is 0 Å². The molecular formula is C10H12. The first-order valence-electron chi connectivity index (χ1n) is 3.91. The smallest absolute Gasteiger partial charge is 0.0133 e. The Labute approximate surface area is 61.9 Å². The molecule has 2 rings (SSSR count). The second-order valence-electron chi connectivity index (χ2n) is 3.17. The minimum atomic E-state index is 0.834. The van der Waals surface area contributed by atoms with Gasteiger partial charge in [-0.1, -0.05) is 43.4 Å². The van der Waals surface area contributed by atoms with Crippen LogP contribution in [0.2, 0.25) is 0 Å². The maximum absolute atomic E-state index is 2.31. The van der Waals surface area contributed by atoms with E-state index in [0.717, 1.165) is 17.8 Å². The van der Waals surface area contributed by atoms with Crippen molar-refractivity contribution in [3.63, 3.8) is 0 Å². The van der Waals surface area contributed by atoms with Crippen LogP contribution in [0.3, 0.4) is 0 Å². The third-order valence-electron chi connectivity index (χ3n) is 2.52. The molecule has 0 bridgehead atoms. The monoisotopic (exact) mass is 132 g/mol. The summed E-state index contributed by atoms with van der Waals surface area (Å²) in [5, 5.41) is 0. The molecule has 0 aromatic heterocycles. The van der Waals surface area contributed by atoms with Crippen LogP contribution >= 0.6 is 0 Å². The summed E-state index contributed by atoms with van der Waals surface area (Å²) in [7, 11) is 0. The Balaban J connectivity index is 2.19. The van der Waals surface area contributed by atoms with Crippen molar-refractivity contribution in [1.82, 2.24) is 0 Å². The quantitative estimate of drug-likeness (QED) is 0.475. The van der Waals surface area contributed by atoms with Gasteiger partial charge < -0.3 is 0 Å². The maximum Gasteiger partial charge on any atom is -0.0133 e. The average molecular weight is 132 g/mol. The zero-order valence-electron chi connectivity index (χ0n) is 6.20. The van der Waals surface area contributed by atoms with Crippen molar-refractivity contribution < 1.29 is 0 Å². The topological polar surface area (TPSA) is 0 Å². The average Bonchev–Trinajstić information content (AvgIpc) is 2.39. The Hall–Kier alpha value is -0.780. The molecule has 1 saturated carbocycles. The Morgan fingerprint density at radius 2 is 1.30 bits per heavy atom. The van der Waals surface area contributed by atoms with Crippen LogP contribution in [0, 0.1) is 17.8 Å². The molecular weight excluding hydrogens is 120 g/mol. The van der Waals surface area contributed by atoms with Crippen LogP contribution in [0.15, 0.2) is 36.5 Å². The van der Waals surface area contributed by atoms with Crippen molar-refractivity contribution >= 4 is 0 Å². The number of allylic oxidation sites excluding steroid dienone is 6. The van der Waals surface area contributed by atoms with E-state index in [0.29, 0.717) is 0 Å². The molecule has 1 unspecified atom stereocenters. The van der Waals surface area contributed by atoms with Crippen molar-refractivity contribution in [2.45, 2.75) is 6.92 Å². The summed E-state index contributed by atoms with van der Waals surface area (Å²) in [4.78, 5) is 0. The molecule has 0 spiro atoms. The van der Waals surface area contributed by atoms with Gasteiger partial charge in [0.1, 0.15) is 0 Å². The van der Waals surface area contributed by atoms with E-state index in [1.165, 1.54) is 0 Å². The fourth-order valence-electron chi connectivity index (χ4n) is 1.65. The summed E-state index contributed by atoms with van der Waals surface area (Å²) in [5.41, 5.74) is 0. The molecule has 0 aromatic rings. The molecule has 2 aliphatic rings. The van der Waals surface area contributed by atoms with Crippen LogP contribution in [0.1, 0.15) is 6.92 Å². The summed E-state index contributed by atoms with van der Waals surface area (Å²) in [6.07, 6.45) is 13.1. The lowest BCUT2D eigenvalue weighted by Crippen LogP contribution is -1.72. The molecule has 0 nitrogen and oxygen atoms in total. The van der Waals surface area contributed by atoms with Gasteiger partial charge in [0.25, 0.3) is 0 Å². The van der Waals surface area contributed by atoms with Gasteiger partial charge in [0.05, 0.1) is 0 Å². The summed E-state index contributed by atoms with van der Waals surface area (Å²) >= 11 is 0. The van der Waals surface area contributed by atoms with Crippen molar-refractivity contribution in [1.29, 1.82) is 0 Å². The Kier molecular flexibility index (Phi) is 1.26. The third kappa shape index (κ3) is 0.841. The van der Waals surface area contributed by atoms with Crippen molar-refractivity contribution in [2.24, 2.45) is 17.8 Å². The predicted molar refractivity (Wildman–Crippen MR) is 43.6 cm³/mol. The van der Waals surface area contributed by atoms with E-state index in [2.05, 4.69) is 43.4 Å². The predicted octanol–water partition coefficient (Wildman–Crippen LogP) is 2.55. The zero-order valence-corrected chi connectivity index (χ0v) is 6.20. The van der Waals surface area contributed by atoms with Gasteiger partial charge in [-0.05, 0) is 17.8 Å². The highest BCUT2D eigenvalue weighted by molar-refractivity contribution is 5.24. The molecule has 52 valence electrons. The maximum atomic E-state index is 2.31. The molecule has 10 heavy (non-hydrogen) atoms. The first-order valence-corrected chi connectivity index (χ1v) is 3.91. The first kappa shape index (κ1) is 5.96. The van der Waals surface area contributed by atoms with E-state index >= 15 is 0 Å². The van der Waals surface area contributed by atoms with E-state index in [1.807, 2.05) is 0 Å². The summed E-state index contributed by atoms with van der Waals surface area (Å²) in [6, 6.07) is 0. The van der Waals surface area contributed by atoms with E-state index in [9.17, 15) is 0 Å². The minimum Gasteiger partial charge on any atom is -0.0805 e. The highest BCUT2D eigenvalue weighted by Crippen LogP contribution is 2.48. The molecule has 0 heteroatoms. The minimum absolute atomic E-state index is 0.834. The Morgan fingerprint density at radius 3 is 1.80 bits per heavy atom. The fourth-order valence-corrected chi connectivity index (χ4v) is 1.65. The lowest BCUT2D eigenvalue weighted by atomic mass is 10.2. The van der Waals surface area contributed by atoms with E-state index in [1.54, 1.807) is 0 Å². The van der Waals surface area contributed by atoms with Gasteiger partial charge in [-0.2, -0.15) is 0 Å². The van der Waals surface area contributed by atoms with Gasteiger partial charge in [-0.25, -0.2) is 0 Å². The van der Waals surface area contributed by atoms with Gasteiger partial charge in [0, 0.05) is 0 Å². The highest BCUT2D eigenvalue weighted by Gasteiger charge is 2.42. The van der Waals surface area contributed by atoms with Crippen molar-refractivity contribution in [3.05, 3.63) is 36.5 Å². The molecule has 0 amide bonds. The highest BCUT2D eigenvalue weighted by atomic mass is 14.5. The molecule has 0 N–H and O–H groups in total. The van der Waals surface area contributed by atoms with Crippen LogP contribution in [-0.4, -0.2) is 0 Å². The van der Waals surface area contributed by atoms with Crippen molar-refractivity contribution in [3.8, 4) is 0 Å². The summed E-state index contributed by atoms with van der Waals surface area (Å²) < 4.78 is 0. The first-order chi connectivity index (χ1) is 4.89. The van der Waals surface area contributed by atoms with E-state index < -0.39 is 0 Å². The molecule has 1 fully saturated rings. The molecule has 0 radical (unpaired) electrons. The zero-order chi connectivity index (χ0) is 6.97. The summed E-state index contributed by atoms with van der Waals surface area (Å²) in [5.74, 6) is 2.55.